The monoisotopic (exact) mass is 424 g/mol. The zero-order valence-corrected chi connectivity index (χ0v) is 16.1. The molecule has 2 rings (SSSR count). The average Bonchev–Trinajstić information content (AvgIpc) is 2.56. The lowest BCUT2D eigenvalue weighted by Gasteiger charge is -2.12. The minimum absolute atomic E-state index is 0. The highest BCUT2D eigenvalue weighted by Crippen LogP contribution is 2.02. The molecule has 2 aromatic rings. The molecule has 0 spiro atoms. The van der Waals surface area contributed by atoms with Gasteiger partial charge >= 0.3 is 0 Å². The van der Waals surface area contributed by atoms with Gasteiger partial charge in [-0.3, -0.25) is 9.98 Å². The van der Waals surface area contributed by atoms with Crippen LogP contribution in [-0.2, 0) is 13.0 Å². The zero-order valence-electron chi connectivity index (χ0n) is 13.7. The summed E-state index contributed by atoms with van der Waals surface area (Å²) in [6.07, 6.45) is 3.97. The maximum atomic E-state index is 4.38. The van der Waals surface area contributed by atoms with Gasteiger partial charge < -0.3 is 10.6 Å². The Bertz CT molecular complexity index is 599. The van der Waals surface area contributed by atoms with Gasteiger partial charge in [-0.2, -0.15) is 0 Å². The molecule has 1 aromatic carbocycles. The third-order valence-electron chi connectivity index (χ3n) is 3.54. The molecule has 4 nitrogen and oxygen atoms in total. The van der Waals surface area contributed by atoms with E-state index < -0.39 is 0 Å². The summed E-state index contributed by atoms with van der Waals surface area (Å²) in [4.78, 5) is 8.62. The number of aliphatic imine (C=N–C) groups is 1. The summed E-state index contributed by atoms with van der Waals surface area (Å²) in [6, 6.07) is 14.6. The van der Waals surface area contributed by atoms with Crippen molar-refractivity contribution in [3.63, 3.8) is 0 Å². The molecule has 0 bridgehead atoms. The SMILES string of the molecule is CN=C(NCCCc1ccccc1)NCc1ncccc1C.I. The molecule has 1 aromatic heterocycles. The van der Waals surface area contributed by atoms with Crippen LogP contribution in [0.4, 0.5) is 0 Å². The molecular weight excluding hydrogens is 399 g/mol. The van der Waals surface area contributed by atoms with Gasteiger partial charge in [0, 0.05) is 19.8 Å². The molecule has 23 heavy (non-hydrogen) atoms. The minimum atomic E-state index is 0. The smallest absolute Gasteiger partial charge is 0.191 e. The number of nitrogens with zero attached hydrogens (tertiary/aromatic N) is 2. The second-order valence-electron chi connectivity index (χ2n) is 5.21. The molecule has 5 heteroatoms. The molecule has 0 aliphatic carbocycles. The number of aryl methyl sites for hydroxylation is 2. The normalized spacial score (nSPS) is 10.8. The molecule has 2 N–H and O–H groups in total. The van der Waals surface area contributed by atoms with Crippen molar-refractivity contribution >= 4 is 29.9 Å². The first-order valence-corrected chi connectivity index (χ1v) is 7.68. The fraction of sp³-hybridized carbons (Fsp3) is 0.333. The van der Waals surface area contributed by atoms with Crippen LogP contribution in [0.3, 0.4) is 0 Å². The number of benzene rings is 1. The minimum Gasteiger partial charge on any atom is -0.356 e. The third kappa shape index (κ3) is 6.99. The molecule has 0 radical (unpaired) electrons. The van der Waals surface area contributed by atoms with E-state index in [1.807, 2.05) is 18.3 Å². The lowest BCUT2D eigenvalue weighted by Crippen LogP contribution is -2.37. The van der Waals surface area contributed by atoms with Crippen molar-refractivity contribution < 1.29 is 0 Å². The molecule has 0 unspecified atom stereocenters. The van der Waals surface area contributed by atoms with Crippen LogP contribution in [0.25, 0.3) is 0 Å². The maximum absolute atomic E-state index is 4.38. The van der Waals surface area contributed by atoms with Crippen molar-refractivity contribution in [2.75, 3.05) is 13.6 Å². The van der Waals surface area contributed by atoms with E-state index >= 15 is 0 Å². The molecule has 0 saturated heterocycles. The first-order valence-electron chi connectivity index (χ1n) is 7.68. The van der Waals surface area contributed by atoms with Crippen molar-refractivity contribution in [2.45, 2.75) is 26.3 Å². The summed E-state index contributed by atoms with van der Waals surface area (Å²) >= 11 is 0. The Labute approximate surface area is 155 Å². The van der Waals surface area contributed by atoms with Gasteiger partial charge in [0.25, 0.3) is 0 Å². The van der Waals surface area contributed by atoms with Crippen molar-refractivity contribution in [1.82, 2.24) is 15.6 Å². The van der Waals surface area contributed by atoms with Crippen LogP contribution in [0, 0.1) is 6.92 Å². The maximum Gasteiger partial charge on any atom is 0.191 e. The van der Waals surface area contributed by atoms with E-state index in [0.29, 0.717) is 6.54 Å². The Hall–Kier alpha value is -1.63. The fourth-order valence-corrected chi connectivity index (χ4v) is 2.24. The van der Waals surface area contributed by atoms with E-state index in [4.69, 9.17) is 0 Å². The van der Waals surface area contributed by atoms with Crippen LogP contribution in [0.2, 0.25) is 0 Å². The number of rotatable bonds is 6. The second-order valence-corrected chi connectivity index (χ2v) is 5.21. The molecule has 0 aliphatic heterocycles. The first kappa shape index (κ1) is 19.4. The predicted molar refractivity (Wildman–Crippen MR) is 107 cm³/mol. The molecule has 0 fully saturated rings. The Morgan fingerprint density at radius 1 is 1.09 bits per heavy atom. The third-order valence-corrected chi connectivity index (χ3v) is 3.54. The summed E-state index contributed by atoms with van der Waals surface area (Å²) in [5.41, 5.74) is 3.61. The standard InChI is InChI=1S/C18H24N4.HI/c1-15-8-6-12-20-17(15)14-22-18(19-2)21-13-7-11-16-9-4-3-5-10-16;/h3-6,8-10,12H,7,11,13-14H2,1-2H3,(H2,19,21,22);1H. The van der Waals surface area contributed by atoms with E-state index in [-0.39, 0.29) is 24.0 Å². The van der Waals surface area contributed by atoms with E-state index in [1.54, 1.807) is 7.05 Å². The Balaban J connectivity index is 0.00000264. The highest BCUT2D eigenvalue weighted by Gasteiger charge is 2.01. The molecule has 1 heterocycles. The second kappa shape index (κ2) is 11.0. The van der Waals surface area contributed by atoms with Crippen LogP contribution in [0.5, 0.6) is 0 Å². The summed E-state index contributed by atoms with van der Waals surface area (Å²) in [5, 5.41) is 6.64. The van der Waals surface area contributed by atoms with E-state index in [1.165, 1.54) is 11.1 Å². The van der Waals surface area contributed by atoms with Gasteiger partial charge in [0.05, 0.1) is 12.2 Å². The van der Waals surface area contributed by atoms with Gasteiger partial charge in [-0.25, -0.2) is 0 Å². The number of hydrogen-bond donors (Lipinski definition) is 2. The quantitative estimate of drug-likeness (QED) is 0.324. The Morgan fingerprint density at radius 3 is 2.57 bits per heavy atom. The summed E-state index contributed by atoms with van der Waals surface area (Å²) in [5.74, 6) is 0.818. The number of halogens is 1. The first-order chi connectivity index (χ1) is 10.8. The van der Waals surface area contributed by atoms with Crippen molar-refractivity contribution in [1.29, 1.82) is 0 Å². The number of guanidine groups is 1. The van der Waals surface area contributed by atoms with Crippen molar-refractivity contribution in [3.05, 3.63) is 65.5 Å². The summed E-state index contributed by atoms with van der Waals surface area (Å²) < 4.78 is 0. The Kier molecular flexibility index (Phi) is 9.28. The lowest BCUT2D eigenvalue weighted by atomic mass is 10.1. The highest BCUT2D eigenvalue weighted by molar-refractivity contribution is 14.0. The van der Waals surface area contributed by atoms with Gasteiger partial charge in [-0.1, -0.05) is 36.4 Å². The van der Waals surface area contributed by atoms with Crippen LogP contribution in [-0.4, -0.2) is 24.5 Å². The summed E-state index contributed by atoms with van der Waals surface area (Å²) in [7, 11) is 1.79. The van der Waals surface area contributed by atoms with Crippen LogP contribution < -0.4 is 10.6 Å². The van der Waals surface area contributed by atoms with Gasteiger partial charge in [-0.05, 0) is 37.0 Å². The molecular formula is C18H25IN4. The van der Waals surface area contributed by atoms with Gasteiger partial charge in [0.2, 0.25) is 0 Å². The Morgan fingerprint density at radius 2 is 1.87 bits per heavy atom. The number of nitrogens with one attached hydrogen (secondary N) is 2. The van der Waals surface area contributed by atoms with Crippen molar-refractivity contribution in [3.8, 4) is 0 Å². The number of aromatic nitrogens is 1. The van der Waals surface area contributed by atoms with Crippen molar-refractivity contribution in [2.24, 2.45) is 4.99 Å². The fourth-order valence-electron chi connectivity index (χ4n) is 2.24. The van der Waals surface area contributed by atoms with Gasteiger partial charge in [0.1, 0.15) is 0 Å². The zero-order chi connectivity index (χ0) is 15.6. The molecule has 0 atom stereocenters. The predicted octanol–water partition coefficient (Wildman–Crippen LogP) is 3.31. The molecule has 0 aliphatic rings. The molecule has 0 saturated carbocycles. The largest absolute Gasteiger partial charge is 0.356 e. The van der Waals surface area contributed by atoms with Gasteiger partial charge in [-0.15, -0.1) is 24.0 Å². The highest BCUT2D eigenvalue weighted by atomic mass is 127. The van der Waals surface area contributed by atoms with E-state index in [0.717, 1.165) is 31.0 Å². The van der Waals surface area contributed by atoms with Crippen LogP contribution in [0.15, 0.2) is 53.7 Å². The van der Waals surface area contributed by atoms with E-state index in [9.17, 15) is 0 Å². The van der Waals surface area contributed by atoms with Gasteiger partial charge in [0.15, 0.2) is 5.96 Å². The van der Waals surface area contributed by atoms with Crippen LogP contribution in [0.1, 0.15) is 23.2 Å². The van der Waals surface area contributed by atoms with Crippen LogP contribution >= 0.6 is 24.0 Å². The average molecular weight is 424 g/mol. The topological polar surface area (TPSA) is 49.3 Å². The number of pyridine rings is 1. The summed E-state index contributed by atoms with van der Waals surface area (Å²) in [6.45, 7) is 3.65. The molecule has 124 valence electrons. The lowest BCUT2D eigenvalue weighted by molar-refractivity contribution is 0.736. The molecule has 0 amide bonds. The van der Waals surface area contributed by atoms with E-state index in [2.05, 4.69) is 57.9 Å². The number of hydrogen-bond acceptors (Lipinski definition) is 2.